The molecule has 0 saturated carbocycles. The minimum atomic E-state index is -0.438. The van der Waals surface area contributed by atoms with E-state index in [1.54, 1.807) is 0 Å². The highest BCUT2D eigenvalue weighted by atomic mass is 80.0. The summed E-state index contributed by atoms with van der Waals surface area (Å²) in [6.45, 7) is 3.26. The lowest BCUT2D eigenvalue weighted by Crippen LogP contribution is -2.41. The van der Waals surface area contributed by atoms with Crippen molar-refractivity contribution in [3.8, 4) is 0 Å². The summed E-state index contributed by atoms with van der Waals surface area (Å²) in [6.07, 6.45) is 0.785. The van der Waals surface area contributed by atoms with Crippen LogP contribution in [0.5, 0.6) is 0 Å². The molecule has 2 aromatic carbocycles. The third-order valence-electron chi connectivity index (χ3n) is 4.63. The van der Waals surface area contributed by atoms with Crippen LogP contribution in [0, 0.1) is 0 Å². The van der Waals surface area contributed by atoms with Gasteiger partial charge in [0.05, 0.1) is 31.8 Å². The highest BCUT2D eigenvalue weighted by Gasteiger charge is 2.48. The van der Waals surface area contributed by atoms with Crippen LogP contribution in [0.1, 0.15) is 11.1 Å². The molecule has 2 aliphatic heterocycles. The third-order valence-corrected chi connectivity index (χ3v) is 7.50. The molecule has 3 nitrogen and oxygen atoms in total. The van der Waals surface area contributed by atoms with E-state index in [9.17, 15) is 0 Å². The Balaban J connectivity index is 0.000000206. The van der Waals surface area contributed by atoms with E-state index in [0.717, 1.165) is 31.8 Å². The van der Waals surface area contributed by atoms with Gasteiger partial charge in [-0.3, -0.25) is 0 Å². The second-order valence-corrected chi connectivity index (χ2v) is 14.0. The summed E-state index contributed by atoms with van der Waals surface area (Å²) in [5, 5.41) is 0.774. The zero-order valence-electron chi connectivity index (χ0n) is 15.2. The molecule has 2 saturated heterocycles. The molecule has 2 aromatic rings. The fraction of sp³-hybridized carbons (Fsp3) is 0.429. The topological polar surface area (TPSA) is 34.3 Å². The highest BCUT2D eigenvalue weighted by Crippen LogP contribution is 2.55. The van der Waals surface area contributed by atoms with Gasteiger partial charge in [-0.05, 0) is 11.1 Å². The Labute approximate surface area is 200 Å². The molecular formula is C21H22Br4O3. The van der Waals surface area contributed by atoms with Crippen molar-refractivity contribution < 1.29 is 14.2 Å². The van der Waals surface area contributed by atoms with Gasteiger partial charge in [-0.15, -0.1) is 0 Å². The smallest absolute Gasteiger partial charge is 0.149 e. The Hall–Kier alpha value is 0.240. The van der Waals surface area contributed by atoms with Gasteiger partial charge in [0, 0.05) is 5.33 Å². The van der Waals surface area contributed by atoms with E-state index in [0.29, 0.717) is 12.2 Å². The maximum absolute atomic E-state index is 5.23. The van der Waals surface area contributed by atoms with Crippen LogP contribution in [0.15, 0.2) is 60.7 Å². The number of benzene rings is 2. The second-order valence-electron chi connectivity index (χ2n) is 6.72. The third kappa shape index (κ3) is 6.13. The van der Waals surface area contributed by atoms with E-state index in [-0.39, 0.29) is 5.41 Å². The SMILES string of the molecule is BrCC(c1ccccc1)(c1ccccc1)C(Br)(Br)Br.C(OCC1CO1)C1CO1. The number of rotatable bonds is 7. The second kappa shape index (κ2) is 10.5. The first kappa shape index (κ1) is 22.9. The van der Waals surface area contributed by atoms with Crippen LogP contribution in [0.3, 0.4) is 0 Å². The van der Waals surface area contributed by atoms with Crippen LogP contribution >= 0.6 is 63.7 Å². The minimum absolute atomic E-state index is 0.268. The van der Waals surface area contributed by atoms with E-state index >= 15 is 0 Å². The molecule has 152 valence electrons. The molecule has 0 N–H and O–H groups in total. The largest absolute Gasteiger partial charge is 0.376 e. The predicted octanol–water partition coefficient (Wildman–Crippen LogP) is 6.01. The van der Waals surface area contributed by atoms with E-state index in [1.807, 2.05) is 12.1 Å². The summed E-state index contributed by atoms with van der Waals surface area (Å²) in [4.78, 5) is 0. The molecule has 0 amide bonds. The van der Waals surface area contributed by atoms with Gasteiger partial charge in [0.2, 0.25) is 0 Å². The molecule has 0 aliphatic carbocycles. The predicted molar refractivity (Wildman–Crippen MR) is 127 cm³/mol. The molecular weight excluding hydrogens is 620 g/mol. The number of ether oxygens (including phenoxy) is 3. The van der Waals surface area contributed by atoms with Gasteiger partial charge in [-0.25, -0.2) is 0 Å². The fourth-order valence-electron chi connectivity index (χ4n) is 2.83. The first-order valence-corrected chi connectivity index (χ1v) is 12.5. The quantitative estimate of drug-likeness (QED) is 0.275. The molecule has 2 unspecified atom stereocenters. The average molecular weight is 642 g/mol. The normalized spacial score (nSPS) is 20.9. The van der Waals surface area contributed by atoms with Gasteiger partial charge in [0.25, 0.3) is 0 Å². The molecule has 2 fully saturated rings. The number of halogens is 4. The fourth-order valence-corrected chi connectivity index (χ4v) is 6.82. The number of hydrogen-bond acceptors (Lipinski definition) is 3. The monoisotopic (exact) mass is 638 g/mol. The maximum Gasteiger partial charge on any atom is 0.149 e. The van der Waals surface area contributed by atoms with Crippen molar-refractivity contribution >= 4 is 63.7 Å². The molecule has 0 spiro atoms. The summed E-state index contributed by atoms with van der Waals surface area (Å²) in [7, 11) is 0. The summed E-state index contributed by atoms with van der Waals surface area (Å²) < 4.78 is 14.7. The van der Waals surface area contributed by atoms with Crippen LogP contribution in [-0.2, 0) is 19.6 Å². The van der Waals surface area contributed by atoms with E-state index in [1.165, 1.54) is 11.1 Å². The molecule has 0 radical (unpaired) electrons. The van der Waals surface area contributed by atoms with Crippen LogP contribution in [0.4, 0.5) is 0 Å². The summed E-state index contributed by atoms with van der Waals surface area (Å²) in [5.41, 5.74) is 2.18. The Kier molecular flexibility index (Phi) is 8.60. The number of hydrogen-bond donors (Lipinski definition) is 0. The van der Waals surface area contributed by atoms with Gasteiger partial charge < -0.3 is 14.2 Å². The van der Waals surface area contributed by atoms with Crippen molar-refractivity contribution in [3.05, 3.63) is 71.8 Å². The van der Waals surface area contributed by atoms with E-state index < -0.39 is 2.14 Å². The molecule has 0 aromatic heterocycles. The lowest BCUT2D eigenvalue weighted by Gasteiger charge is -2.40. The molecule has 4 rings (SSSR count). The zero-order chi connectivity index (χ0) is 20.0. The highest BCUT2D eigenvalue weighted by molar-refractivity contribution is 9.39. The molecule has 0 bridgehead atoms. The Morgan fingerprint density at radius 1 is 0.786 bits per heavy atom. The van der Waals surface area contributed by atoms with Gasteiger partial charge in [0.1, 0.15) is 14.4 Å². The van der Waals surface area contributed by atoms with Crippen LogP contribution in [0.25, 0.3) is 0 Å². The van der Waals surface area contributed by atoms with Crippen molar-refractivity contribution in [2.75, 3.05) is 31.8 Å². The number of epoxide rings is 2. The van der Waals surface area contributed by atoms with Crippen molar-refractivity contribution in [1.29, 1.82) is 0 Å². The van der Waals surface area contributed by atoms with Gasteiger partial charge in [0.15, 0.2) is 0 Å². The van der Waals surface area contributed by atoms with Crippen LogP contribution in [-0.4, -0.2) is 46.1 Å². The zero-order valence-corrected chi connectivity index (χ0v) is 21.5. The van der Waals surface area contributed by atoms with Gasteiger partial charge >= 0.3 is 0 Å². The van der Waals surface area contributed by atoms with E-state index in [2.05, 4.69) is 112 Å². The summed E-state index contributed by atoms with van der Waals surface area (Å²) in [5.74, 6) is 0. The van der Waals surface area contributed by atoms with Crippen molar-refractivity contribution in [2.45, 2.75) is 19.8 Å². The first-order chi connectivity index (χ1) is 13.5. The molecule has 2 atom stereocenters. The van der Waals surface area contributed by atoms with E-state index in [4.69, 9.17) is 14.2 Å². The first-order valence-electron chi connectivity index (χ1n) is 9.02. The Morgan fingerprint density at radius 2 is 1.18 bits per heavy atom. The van der Waals surface area contributed by atoms with Gasteiger partial charge in [-0.1, -0.05) is 124 Å². The standard InChI is InChI=1S/C15H12Br4.C6H10O3/c16-11-14(15(17,18)19,12-7-3-1-4-8-12)13-9-5-2-6-10-13;1(5-3-8-5)7-2-6-4-9-6/h1-10H,11H2;5-6H,1-4H2. The average Bonchev–Trinajstić information content (AvgIpc) is 3.60. The number of alkyl halides is 4. The minimum Gasteiger partial charge on any atom is -0.376 e. The lowest BCUT2D eigenvalue weighted by atomic mass is 9.78. The Morgan fingerprint density at radius 3 is 1.46 bits per heavy atom. The summed E-state index contributed by atoms with van der Waals surface area (Å²) >= 11 is 14.9. The van der Waals surface area contributed by atoms with Crippen LogP contribution < -0.4 is 0 Å². The van der Waals surface area contributed by atoms with Gasteiger partial charge in [-0.2, -0.15) is 0 Å². The van der Waals surface area contributed by atoms with Crippen LogP contribution in [0.2, 0.25) is 0 Å². The molecule has 28 heavy (non-hydrogen) atoms. The molecule has 7 heteroatoms. The molecule has 2 heterocycles. The Bertz CT molecular complexity index is 662. The van der Waals surface area contributed by atoms with Crippen molar-refractivity contribution in [1.82, 2.24) is 0 Å². The lowest BCUT2D eigenvalue weighted by molar-refractivity contribution is 0.102. The van der Waals surface area contributed by atoms with Crippen molar-refractivity contribution in [2.24, 2.45) is 0 Å². The maximum atomic E-state index is 5.23. The molecule has 2 aliphatic rings. The summed E-state index contributed by atoms with van der Waals surface area (Å²) in [6, 6.07) is 20.9. The van der Waals surface area contributed by atoms with Crippen molar-refractivity contribution in [3.63, 3.8) is 0 Å².